The number of nitrogens with zero attached hydrogens (tertiary/aromatic N) is 2. The maximum Gasteiger partial charge on any atom is 0.249 e. The molecule has 0 saturated carbocycles. The average molecular weight is 457 g/mol. The van der Waals surface area contributed by atoms with Gasteiger partial charge in [-0.1, -0.05) is 23.7 Å². The highest BCUT2D eigenvalue weighted by molar-refractivity contribution is 6.32. The first kappa shape index (κ1) is 21.8. The van der Waals surface area contributed by atoms with Crippen LogP contribution in [0.3, 0.4) is 0 Å². The van der Waals surface area contributed by atoms with Crippen molar-refractivity contribution < 1.29 is 23.0 Å². The van der Waals surface area contributed by atoms with E-state index in [1.165, 1.54) is 4.68 Å². The predicted octanol–water partition coefficient (Wildman–Crippen LogP) is 6.09. The summed E-state index contributed by atoms with van der Waals surface area (Å²) in [5.74, 6) is 1.39. The summed E-state index contributed by atoms with van der Waals surface area (Å²) in [7, 11) is 1.56. The van der Waals surface area contributed by atoms with Crippen molar-refractivity contribution in [2.45, 2.75) is 13.5 Å². The summed E-state index contributed by atoms with van der Waals surface area (Å²) in [6.45, 7) is 2.59. The molecule has 6 nitrogen and oxygen atoms in total. The van der Waals surface area contributed by atoms with Gasteiger partial charge in [0.05, 0.1) is 31.5 Å². The zero-order chi connectivity index (χ0) is 22.5. The summed E-state index contributed by atoms with van der Waals surface area (Å²) < 4.78 is 38.5. The Hall–Kier alpha value is -3.45. The molecule has 0 amide bonds. The standard InChI is InChI=1S/C24H22ClFN2O4/c1-3-30-24-22(26)23(17-6-4-7-18(14-17)29-2)27-28(24)11-13-32-21-10-9-16(15-19(21)25)20-8-5-12-31-20/h4-10,12,14-15H,3,11,13H2,1-2H3. The number of benzene rings is 2. The van der Waals surface area contributed by atoms with E-state index < -0.39 is 5.82 Å². The molecule has 32 heavy (non-hydrogen) atoms. The molecule has 0 unspecified atom stereocenters. The molecule has 0 fully saturated rings. The number of hydrogen-bond acceptors (Lipinski definition) is 5. The number of ether oxygens (including phenoxy) is 3. The third-order valence-corrected chi connectivity index (χ3v) is 5.07. The summed E-state index contributed by atoms with van der Waals surface area (Å²) >= 11 is 6.36. The lowest BCUT2D eigenvalue weighted by atomic mass is 10.1. The molecule has 2 aromatic carbocycles. The lowest BCUT2D eigenvalue weighted by Gasteiger charge is -2.11. The number of hydrogen-bond donors (Lipinski definition) is 0. The molecule has 0 N–H and O–H groups in total. The normalized spacial score (nSPS) is 10.9. The lowest BCUT2D eigenvalue weighted by Crippen LogP contribution is -2.12. The van der Waals surface area contributed by atoms with Gasteiger partial charge in [0, 0.05) is 11.1 Å². The van der Waals surface area contributed by atoms with Crippen molar-refractivity contribution in [3.8, 4) is 40.0 Å². The minimum Gasteiger partial charge on any atom is -0.497 e. The van der Waals surface area contributed by atoms with Crippen LogP contribution in [0.5, 0.6) is 17.4 Å². The first-order valence-corrected chi connectivity index (χ1v) is 10.5. The van der Waals surface area contributed by atoms with Crippen molar-refractivity contribution in [1.29, 1.82) is 0 Å². The van der Waals surface area contributed by atoms with Gasteiger partial charge in [-0.15, -0.1) is 0 Å². The van der Waals surface area contributed by atoms with E-state index >= 15 is 4.39 Å². The van der Waals surface area contributed by atoms with Gasteiger partial charge in [0.15, 0.2) is 0 Å². The maximum absolute atomic E-state index is 15.1. The molecule has 0 aliphatic rings. The zero-order valence-corrected chi connectivity index (χ0v) is 18.4. The van der Waals surface area contributed by atoms with Gasteiger partial charge < -0.3 is 18.6 Å². The molecule has 2 heterocycles. The lowest BCUT2D eigenvalue weighted by molar-refractivity contribution is 0.253. The van der Waals surface area contributed by atoms with E-state index in [1.54, 1.807) is 56.7 Å². The molecule has 0 aliphatic heterocycles. The van der Waals surface area contributed by atoms with E-state index in [1.807, 2.05) is 18.2 Å². The summed E-state index contributed by atoms with van der Waals surface area (Å²) in [5, 5.41) is 4.86. The van der Waals surface area contributed by atoms with Crippen LogP contribution in [0, 0.1) is 5.82 Å². The first-order chi connectivity index (χ1) is 15.6. The van der Waals surface area contributed by atoms with Gasteiger partial charge in [0.1, 0.15) is 29.6 Å². The molecule has 0 aliphatic carbocycles. The second-order valence-electron chi connectivity index (χ2n) is 6.83. The third-order valence-electron chi connectivity index (χ3n) is 4.77. The topological polar surface area (TPSA) is 58.7 Å². The number of methoxy groups -OCH3 is 1. The van der Waals surface area contributed by atoms with E-state index in [2.05, 4.69) is 5.10 Å². The highest BCUT2D eigenvalue weighted by atomic mass is 35.5. The van der Waals surface area contributed by atoms with Crippen LogP contribution in [0.2, 0.25) is 5.02 Å². The Morgan fingerprint density at radius 1 is 1.06 bits per heavy atom. The van der Waals surface area contributed by atoms with E-state index in [0.29, 0.717) is 28.7 Å². The smallest absolute Gasteiger partial charge is 0.249 e. The number of halogens is 2. The second kappa shape index (κ2) is 9.78. The Morgan fingerprint density at radius 3 is 2.66 bits per heavy atom. The van der Waals surface area contributed by atoms with Gasteiger partial charge >= 0.3 is 0 Å². The van der Waals surface area contributed by atoms with Gasteiger partial charge in [-0.25, -0.2) is 4.68 Å². The van der Waals surface area contributed by atoms with Crippen LogP contribution in [0.25, 0.3) is 22.6 Å². The van der Waals surface area contributed by atoms with Crippen molar-refractivity contribution in [3.63, 3.8) is 0 Å². The van der Waals surface area contributed by atoms with E-state index in [0.717, 1.165) is 11.3 Å². The molecule has 8 heteroatoms. The Bertz CT molecular complexity index is 1190. The number of aromatic nitrogens is 2. The van der Waals surface area contributed by atoms with Crippen molar-refractivity contribution in [2.75, 3.05) is 20.3 Å². The fourth-order valence-electron chi connectivity index (χ4n) is 3.26. The fourth-order valence-corrected chi connectivity index (χ4v) is 3.50. The van der Waals surface area contributed by atoms with Crippen molar-refractivity contribution >= 4 is 11.6 Å². The maximum atomic E-state index is 15.1. The van der Waals surface area contributed by atoms with Gasteiger partial charge in [0.2, 0.25) is 11.7 Å². The predicted molar refractivity (Wildman–Crippen MR) is 120 cm³/mol. The molecule has 0 radical (unpaired) electrons. The molecule has 4 aromatic rings. The summed E-state index contributed by atoms with van der Waals surface area (Å²) in [4.78, 5) is 0. The molecule has 0 bridgehead atoms. The van der Waals surface area contributed by atoms with Crippen LogP contribution in [0.15, 0.2) is 65.3 Å². The van der Waals surface area contributed by atoms with Crippen molar-refractivity contribution in [1.82, 2.24) is 9.78 Å². The highest BCUT2D eigenvalue weighted by Gasteiger charge is 2.21. The van der Waals surface area contributed by atoms with Crippen LogP contribution in [-0.4, -0.2) is 30.1 Å². The molecule has 0 spiro atoms. The first-order valence-electron chi connectivity index (χ1n) is 10.1. The van der Waals surface area contributed by atoms with E-state index in [9.17, 15) is 0 Å². The fraction of sp³-hybridized carbons (Fsp3) is 0.208. The second-order valence-corrected chi connectivity index (χ2v) is 7.23. The minimum atomic E-state index is -0.527. The average Bonchev–Trinajstić information content (AvgIpc) is 3.45. The van der Waals surface area contributed by atoms with Gasteiger partial charge in [0.25, 0.3) is 0 Å². The van der Waals surface area contributed by atoms with Crippen LogP contribution in [-0.2, 0) is 6.54 Å². The Morgan fingerprint density at radius 2 is 1.94 bits per heavy atom. The number of furan rings is 1. The summed E-state index contributed by atoms with van der Waals surface area (Å²) in [6.07, 6.45) is 1.60. The minimum absolute atomic E-state index is 0.0631. The molecular formula is C24H22ClFN2O4. The van der Waals surface area contributed by atoms with Gasteiger partial charge in [-0.3, -0.25) is 0 Å². The molecule has 0 atom stereocenters. The Labute approximate surface area is 190 Å². The molecule has 166 valence electrons. The van der Waals surface area contributed by atoms with Crippen LogP contribution < -0.4 is 14.2 Å². The Kier molecular flexibility index (Phi) is 6.66. The largest absolute Gasteiger partial charge is 0.497 e. The monoisotopic (exact) mass is 456 g/mol. The Balaban J connectivity index is 1.50. The summed E-state index contributed by atoms with van der Waals surface area (Å²) in [5.41, 5.74) is 1.63. The van der Waals surface area contributed by atoms with Gasteiger partial charge in [-0.05, 0) is 49.4 Å². The van der Waals surface area contributed by atoms with Crippen molar-refractivity contribution in [2.24, 2.45) is 0 Å². The quantitative estimate of drug-likeness (QED) is 0.305. The molecule has 0 saturated heterocycles. The van der Waals surface area contributed by atoms with Crippen LogP contribution in [0.1, 0.15) is 6.92 Å². The SMILES string of the molecule is CCOc1c(F)c(-c2cccc(OC)c2)nn1CCOc1ccc(-c2ccco2)cc1Cl. The van der Waals surface area contributed by atoms with Crippen molar-refractivity contribution in [3.05, 3.63) is 71.7 Å². The summed E-state index contributed by atoms with van der Waals surface area (Å²) in [6, 6.07) is 16.1. The number of rotatable bonds is 9. The van der Waals surface area contributed by atoms with Crippen LogP contribution in [0.4, 0.5) is 4.39 Å². The highest BCUT2D eigenvalue weighted by Crippen LogP contribution is 2.32. The van der Waals surface area contributed by atoms with E-state index in [4.69, 9.17) is 30.2 Å². The van der Waals surface area contributed by atoms with Crippen LogP contribution >= 0.6 is 11.6 Å². The van der Waals surface area contributed by atoms with Gasteiger partial charge in [-0.2, -0.15) is 9.49 Å². The molecule has 2 aromatic heterocycles. The molecular weight excluding hydrogens is 435 g/mol. The molecule has 4 rings (SSSR count). The third kappa shape index (κ3) is 4.57. The van der Waals surface area contributed by atoms with E-state index in [-0.39, 0.29) is 24.7 Å². The zero-order valence-electron chi connectivity index (χ0n) is 17.7.